The highest BCUT2D eigenvalue weighted by atomic mass is 16.5. The Labute approximate surface area is 122 Å². The highest BCUT2D eigenvalue weighted by Crippen LogP contribution is 2.17. The molecule has 20 heavy (non-hydrogen) atoms. The van der Waals surface area contributed by atoms with Gasteiger partial charge < -0.3 is 10.1 Å². The normalized spacial score (nSPS) is 24.1. The van der Waals surface area contributed by atoms with Gasteiger partial charge in [-0.25, -0.2) is 0 Å². The van der Waals surface area contributed by atoms with Crippen LogP contribution in [0.3, 0.4) is 0 Å². The lowest BCUT2D eigenvalue weighted by molar-refractivity contribution is -0.130. The van der Waals surface area contributed by atoms with Gasteiger partial charge in [0.05, 0.1) is 6.54 Å². The second-order valence-electron chi connectivity index (χ2n) is 5.67. The van der Waals surface area contributed by atoms with Gasteiger partial charge in [-0.15, -0.1) is 5.92 Å². The van der Waals surface area contributed by atoms with E-state index in [4.69, 9.17) is 4.74 Å². The molecule has 0 aromatic heterocycles. The molecule has 0 aliphatic carbocycles. The average molecular weight is 278 g/mol. The first-order chi connectivity index (χ1) is 9.79. The number of nitrogens with zero attached hydrogens (tertiary/aromatic N) is 1. The molecule has 1 unspecified atom stereocenters. The Balaban J connectivity index is 1.60. The van der Waals surface area contributed by atoms with Gasteiger partial charge in [0.25, 0.3) is 0 Å². The number of hydrogen-bond donors (Lipinski definition) is 1. The van der Waals surface area contributed by atoms with E-state index in [2.05, 4.69) is 29.0 Å². The molecule has 1 amide bonds. The lowest BCUT2D eigenvalue weighted by Gasteiger charge is -2.30. The van der Waals surface area contributed by atoms with Gasteiger partial charge in [0.15, 0.2) is 0 Å². The van der Waals surface area contributed by atoms with E-state index >= 15 is 0 Å². The van der Waals surface area contributed by atoms with Crippen LogP contribution >= 0.6 is 0 Å². The van der Waals surface area contributed by atoms with Gasteiger partial charge in [0, 0.05) is 19.6 Å². The SMILES string of the molecule is CCC#CCN1CCC(CNC(=O)C2CCCO2)CC1. The minimum absolute atomic E-state index is 0.0822. The van der Waals surface area contributed by atoms with Crippen molar-refractivity contribution >= 4 is 5.91 Å². The largest absolute Gasteiger partial charge is 0.368 e. The molecule has 2 aliphatic rings. The van der Waals surface area contributed by atoms with Crippen LogP contribution in [0.25, 0.3) is 0 Å². The first kappa shape index (κ1) is 15.3. The number of ether oxygens (including phenoxy) is 1. The summed E-state index contributed by atoms with van der Waals surface area (Å²) >= 11 is 0. The van der Waals surface area contributed by atoms with Gasteiger partial charge in [-0.05, 0) is 44.7 Å². The summed E-state index contributed by atoms with van der Waals surface area (Å²) in [5.74, 6) is 7.00. The van der Waals surface area contributed by atoms with Gasteiger partial charge in [0.1, 0.15) is 6.10 Å². The number of carbonyl (C=O) groups excluding carboxylic acids is 1. The van der Waals surface area contributed by atoms with Crippen molar-refractivity contribution < 1.29 is 9.53 Å². The summed E-state index contributed by atoms with van der Waals surface area (Å²) in [6.45, 7) is 6.69. The molecule has 1 atom stereocenters. The topological polar surface area (TPSA) is 41.6 Å². The van der Waals surface area contributed by atoms with Crippen molar-refractivity contribution in [3.63, 3.8) is 0 Å². The van der Waals surface area contributed by atoms with Crippen molar-refractivity contribution in [1.82, 2.24) is 10.2 Å². The third-order valence-electron chi connectivity index (χ3n) is 4.10. The fourth-order valence-electron chi connectivity index (χ4n) is 2.78. The van der Waals surface area contributed by atoms with E-state index in [-0.39, 0.29) is 12.0 Å². The lowest BCUT2D eigenvalue weighted by atomic mass is 9.96. The summed E-state index contributed by atoms with van der Waals surface area (Å²) in [6, 6.07) is 0. The lowest BCUT2D eigenvalue weighted by Crippen LogP contribution is -2.41. The van der Waals surface area contributed by atoms with Crippen molar-refractivity contribution in [2.24, 2.45) is 5.92 Å². The van der Waals surface area contributed by atoms with E-state index in [1.807, 2.05) is 0 Å². The van der Waals surface area contributed by atoms with E-state index in [9.17, 15) is 4.79 Å². The number of piperidine rings is 1. The van der Waals surface area contributed by atoms with Crippen LogP contribution in [0.2, 0.25) is 0 Å². The Morgan fingerprint density at radius 2 is 2.10 bits per heavy atom. The summed E-state index contributed by atoms with van der Waals surface area (Å²) in [5, 5.41) is 3.05. The number of amides is 1. The standard InChI is InChI=1S/C16H26N2O2/c1-2-3-4-9-18-10-7-14(8-11-18)13-17-16(19)15-6-5-12-20-15/h14-15H,2,5-13H2,1H3,(H,17,19). The van der Waals surface area contributed by atoms with E-state index in [1.165, 1.54) is 0 Å². The van der Waals surface area contributed by atoms with Gasteiger partial charge >= 0.3 is 0 Å². The van der Waals surface area contributed by atoms with Crippen molar-refractivity contribution in [2.75, 3.05) is 32.8 Å². The number of hydrogen-bond acceptors (Lipinski definition) is 3. The zero-order chi connectivity index (χ0) is 14.2. The maximum absolute atomic E-state index is 11.9. The predicted molar refractivity (Wildman–Crippen MR) is 79.2 cm³/mol. The predicted octanol–water partition coefficient (Wildman–Crippen LogP) is 1.41. The van der Waals surface area contributed by atoms with E-state index in [0.29, 0.717) is 5.92 Å². The Morgan fingerprint density at radius 3 is 2.75 bits per heavy atom. The van der Waals surface area contributed by atoms with Gasteiger partial charge in [0.2, 0.25) is 5.91 Å². The molecule has 112 valence electrons. The highest BCUT2D eigenvalue weighted by Gasteiger charge is 2.25. The van der Waals surface area contributed by atoms with Crippen molar-refractivity contribution in [3.05, 3.63) is 0 Å². The molecule has 1 N–H and O–H groups in total. The monoisotopic (exact) mass is 278 g/mol. The molecule has 2 rings (SSSR count). The minimum atomic E-state index is -0.195. The molecule has 2 fully saturated rings. The molecule has 0 saturated carbocycles. The zero-order valence-electron chi connectivity index (χ0n) is 12.5. The first-order valence-electron chi connectivity index (χ1n) is 7.87. The van der Waals surface area contributed by atoms with Crippen molar-refractivity contribution in [3.8, 4) is 11.8 Å². The molecular weight excluding hydrogens is 252 g/mol. The van der Waals surface area contributed by atoms with Crippen LogP contribution in [0, 0.1) is 17.8 Å². The molecule has 4 nitrogen and oxygen atoms in total. The van der Waals surface area contributed by atoms with Gasteiger partial charge in [-0.1, -0.05) is 12.8 Å². The molecule has 2 heterocycles. The fraction of sp³-hybridized carbons (Fsp3) is 0.812. The van der Waals surface area contributed by atoms with Gasteiger partial charge in [-0.2, -0.15) is 0 Å². The molecule has 0 bridgehead atoms. The molecule has 2 saturated heterocycles. The summed E-state index contributed by atoms with van der Waals surface area (Å²) < 4.78 is 5.39. The quantitative estimate of drug-likeness (QED) is 0.791. The number of rotatable bonds is 4. The van der Waals surface area contributed by atoms with Crippen LogP contribution in [0.5, 0.6) is 0 Å². The van der Waals surface area contributed by atoms with Gasteiger partial charge in [-0.3, -0.25) is 9.69 Å². The number of likely N-dealkylation sites (tertiary alicyclic amines) is 1. The fourth-order valence-corrected chi connectivity index (χ4v) is 2.78. The second kappa shape index (κ2) is 8.28. The van der Waals surface area contributed by atoms with E-state index in [1.54, 1.807) is 0 Å². The number of nitrogens with one attached hydrogen (secondary N) is 1. The molecule has 0 aromatic carbocycles. The zero-order valence-corrected chi connectivity index (χ0v) is 12.5. The summed E-state index contributed by atoms with van der Waals surface area (Å²) in [5.41, 5.74) is 0. The van der Waals surface area contributed by atoms with Crippen LogP contribution in [0.4, 0.5) is 0 Å². The molecule has 2 aliphatic heterocycles. The molecule has 4 heteroatoms. The Kier molecular flexibility index (Phi) is 6.35. The third kappa shape index (κ3) is 4.81. The summed E-state index contributed by atoms with van der Waals surface area (Å²) in [6.07, 6.45) is 4.93. The number of carbonyl (C=O) groups is 1. The molecule has 0 spiro atoms. The Hall–Kier alpha value is -1.05. The first-order valence-corrected chi connectivity index (χ1v) is 7.87. The highest BCUT2D eigenvalue weighted by molar-refractivity contribution is 5.80. The second-order valence-corrected chi connectivity index (χ2v) is 5.67. The van der Waals surface area contributed by atoms with Crippen molar-refractivity contribution in [1.29, 1.82) is 0 Å². The van der Waals surface area contributed by atoms with Crippen LogP contribution in [0.15, 0.2) is 0 Å². The van der Waals surface area contributed by atoms with Crippen molar-refractivity contribution in [2.45, 2.75) is 45.1 Å². The maximum Gasteiger partial charge on any atom is 0.249 e. The van der Waals surface area contributed by atoms with Crippen LogP contribution in [0.1, 0.15) is 39.0 Å². The maximum atomic E-state index is 11.9. The minimum Gasteiger partial charge on any atom is -0.368 e. The summed E-state index contributed by atoms with van der Waals surface area (Å²) in [7, 11) is 0. The van der Waals surface area contributed by atoms with Crippen LogP contribution in [-0.4, -0.2) is 49.7 Å². The summed E-state index contributed by atoms with van der Waals surface area (Å²) in [4.78, 5) is 14.3. The Morgan fingerprint density at radius 1 is 1.30 bits per heavy atom. The van der Waals surface area contributed by atoms with E-state index < -0.39 is 0 Å². The van der Waals surface area contributed by atoms with Crippen LogP contribution in [-0.2, 0) is 9.53 Å². The van der Waals surface area contributed by atoms with Crippen LogP contribution < -0.4 is 5.32 Å². The smallest absolute Gasteiger partial charge is 0.249 e. The Bertz CT molecular complexity index is 358. The molecule has 0 aromatic rings. The molecule has 0 radical (unpaired) electrons. The average Bonchev–Trinajstić information content (AvgIpc) is 3.01. The third-order valence-corrected chi connectivity index (χ3v) is 4.10. The van der Waals surface area contributed by atoms with E-state index in [0.717, 1.165) is 64.9 Å². The molecular formula is C16H26N2O2.